The molecule has 1 saturated heterocycles. The second-order valence-corrected chi connectivity index (χ2v) is 7.93. The summed E-state index contributed by atoms with van der Waals surface area (Å²) < 4.78 is 49.4. The van der Waals surface area contributed by atoms with Gasteiger partial charge in [-0.2, -0.15) is 18.6 Å². The first-order chi connectivity index (χ1) is 16.9. The molecule has 1 aliphatic rings. The van der Waals surface area contributed by atoms with E-state index in [9.17, 15) is 27.9 Å². The predicted molar refractivity (Wildman–Crippen MR) is 119 cm³/mol. The van der Waals surface area contributed by atoms with Gasteiger partial charge in [0.25, 0.3) is 11.5 Å². The number of rotatable bonds is 8. The van der Waals surface area contributed by atoms with Crippen molar-refractivity contribution in [2.24, 2.45) is 5.92 Å². The molecular weight excluding hydrogens is 467 g/mol. The molecule has 1 aliphatic heterocycles. The van der Waals surface area contributed by atoms with Crippen LogP contribution >= 0.6 is 0 Å². The Labute approximate surface area is 197 Å². The highest BCUT2D eigenvalue weighted by Crippen LogP contribution is 2.23. The summed E-state index contributed by atoms with van der Waals surface area (Å²) in [5, 5.41) is 16.7. The number of carbonyl (C=O) groups is 1. The van der Waals surface area contributed by atoms with E-state index in [1.807, 2.05) is 0 Å². The lowest BCUT2D eigenvalue weighted by Gasteiger charge is -2.21. The third-order valence-corrected chi connectivity index (χ3v) is 5.63. The molecule has 184 valence electrons. The molecule has 0 aliphatic carbocycles. The Morgan fingerprint density at radius 3 is 2.63 bits per heavy atom. The maximum absolute atomic E-state index is 13.9. The number of aliphatic hydroxyl groups excluding tert-OH is 1. The molecule has 2 atom stereocenters. The Balaban J connectivity index is 1.75. The lowest BCUT2D eigenvalue weighted by molar-refractivity contribution is -0.0498. The Bertz CT molecular complexity index is 1240. The Morgan fingerprint density at radius 2 is 2.00 bits per heavy atom. The first kappa shape index (κ1) is 24.4. The van der Waals surface area contributed by atoms with E-state index in [-0.39, 0.29) is 35.2 Å². The lowest BCUT2D eigenvalue weighted by Crippen LogP contribution is -2.45. The zero-order chi connectivity index (χ0) is 24.9. The quantitative estimate of drug-likeness (QED) is 0.505. The van der Waals surface area contributed by atoms with Crippen LogP contribution in [0.4, 0.5) is 13.2 Å². The molecule has 3 aromatic rings. The number of nitrogens with zero attached hydrogens (tertiary/aromatic N) is 2. The third-order valence-electron chi connectivity index (χ3n) is 5.63. The number of hydrogen-bond donors (Lipinski definition) is 2. The highest BCUT2D eigenvalue weighted by molar-refractivity contribution is 5.95. The minimum atomic E-state index is -2.99. The van der Waals surface area contributed by atoms with Gasteiger partial charge in [-0.1, -0.05) is 6.07 Å². The SMILES string of the molecule is O=C(N[C@H](CO)[C@@H]1CCOC1)c1cc(-c2ccc(OC(F)F)cc2)nn(-c2cccc(F)c2)c1=O. The number of nitrogens with one attached hydrogen (secondary N) is 1. The van der Waals surface area contributed by atoms with Crippen molar-refractivity contribution in [1.29, 1.82) is 0 Å². The van der Waals surface area contributed by atoms with Gasteiger partial charge >= 0.3 is 6.61 Å². The van der Waals surface area contributed by atoms with Crippen LogP contribution in [0.5, 0.6) is 5.75 Å². The molecule has 4 rings (SSSR count). The minimum Gasteiger partial charge on any atom is -0.435 e. The largest absolute Gasteiger partial charge is 0.435 e. The summed E-state index contributed by atoms with van der Waals surface area (Å²) in [6, 6.07) is 11.2. The molecule has 8 nitrogen and oxygen atoms in total. The molecule has 1 aromatic heterocycles. The number of hydrogen-bond acceptors (Lipinski definition) is 6. The van der Waals surface area contributed by atoms with Crippen LogP contribution in [-0.4, -0.2) is 53.3 Å². The van der Waals surface area contributed by atoms with E-state index in [1.165, 1.54) is 48.5 Å². The Kier molecular flexibility index (Phi) is 7.47. The van der Waals surface area contributed by atoms with Gasteiger partial charge in [0.05, 0.1) is 30.6 Å². The number of alkyl halides is 2. The second kappa shape index (κ2) is 10.7. The average molecular weight is 489 g/mol. The molecule has 2 N–H and O–H groups in total. The highest BCUT2D eigenvalue weighted by atomic mass is 19.3. The molecule has 0 unspecified atom stereocenters. The zero-order valence-electron chi connectivity index (χ0n) is 18.4. The third kappa shape index (κ3) is 5.69. The van der Waals surface area contributed by atoms with Crippen molar-refractivity contribution >= 4 is 5.91 Å². The molecule has 0 saturated carbocycles. The van der Waals surface area contributed by atoms with Crippen molar-refractivity contribution in [1.82, 2.24) is 15.1 Å². The number of amides is 1. The maximum atomic E-state index is 13.9. The molecule has 1 amide bonds. The van der Waals surface area contributed by atoms with Crippen LogP contribution in [0.3, 0.4) is 0 Å². The van der Waals surface area contributed by atoms with Crippen LogP contribution in [0, 0.1) is 11.7 Å². The van der Waals surface area contributed by atoms with Crippen molar-refractivity contribution in [2.45, 2.75) is 19.1 Å². The zero-order valence-corrected chi connectivity index (χ0v) is 18.4. The molecule has 2 aromatic carbocycles. The van der Waals surface area contributed by atoms with E-state index in [4.69, 9.17) is 4.74 Å². The van der Waals surface area contributed by atoms with Crippen molar-refractivity contribution in [2.75, 3.05) is 19.8 Å². The molecule has 0 bridgehead atoms. The number of ether oxygens (including phenoxy) is 2. The topological polar surface area (TPSA) is 103 Å². The van der Waals surface area contributed by atoms with E-state index < -0.39 is 29.9 Å². The van der Waals surface area contributed by atoms with Crippen LogP contribution < -0.4 is 15.6 Å². The van der Waals surface area contributed by atoms with Crippen LogP contribution in [0.2, 0.25) is 0 Å². The maximum Gasteiger partial charge on any atom is 0.387 e. The molecule has 35 heavy (non-hydrogen) atoms. The minimum absolute atomic E-state index is 0.0789. The Morgan fingerprint density at radius 1 is 1.23 bits per heavy atom. The van der Waals surface area contributed by atoms with Gasteiger partial charge in [-0.05, 0) is 55.0 Å². The molecule has 1 fully saturated rings. The summed E-state index contributed by atoms with van der Waals surface area (Å²) in [4.78, 5) is 26.3. The van der Waals surface area contributed by atoms with Gasteiger partial charge in [0.15, 0.2) is 0 Å². The standard InChI is InChI=1S/C24H22F3N3O5/c25-16-2-1-3-17(10-16)30-23(33)19(22(32)28-21(12-31)15-8-9-34-13-15)11-20(29-30)14-4-6-18(7-5-14)35-24(26)27/h1-7,10-11,15,21,24,31H,8-9,12-13H2,(H,28,32)/t15-,21-/m1/s1. The van der Waals surface area contributed by atoms with Crippen molar-refractivity contribution < 1.29 is 32.5 Å². The number of benzene rings is 2. The summed E-state index contributed by atoms with van der Waals surface area (Å²) in [5.74, 6) is -1.54. The number of halogens is 3. The van der Waals surface area contributed by atoms with E-state index >= 15 is 0 Å². The molecule has 2 heterocycles. The van der Waals surface area contributed by atoms with Crippen LogP contribution in [0.15, 0.2) is 59.4 Å². The fourth-order valence-electron chi connectivity index (χ4n) is 3.82. The average Bonchev–Trinajstić information content (AvgIpc) is 3.37. The van der Waals surface area contributed by atoms with Gasteiger partial charge in [-0.3, -0.25) is 9.59 Å². The first-order valence-corrected chi connectivity index (χ1v) is 10.8. The van der Waals surface area contributed by atoms with Crippen molar-refractivity contribution in [3.63, 3.8) is 0 Å². The summed E-state index contributed by atoms with van der Waals surface area (Å²) >= 11 is 0. The second-order valence-electron chi connectivity index (χ2n) is 7.93. The van der Waals surface area contributed by atoms with Crippen LogP contribution in [-0.2, 0) is 4.74 Å². The summed E-state index contributed by atoms with van der Waals surface area (Å²) in [6.07, 6.45) is 0.646. The summed E-state index contributed by atoms with van der Waals surface area (Å²) in [6.45, 7) is -2.46. The van der Waals surface area contributed by atoms with Crippen LogP contribution in [0.25, 0.3) is 16.9 Å². The van der Waals surface area contributed by atoms with Gasteiger partial charge < -0.3 is 19.9 Å². The van der Waals surface area contributed by atoms with Crippen molar-refractivity contribution in [3.05, 3.63) is 76.3 Å². The molecule has 11 heteroatoms. The van der Waals surface area contributed by atoms with E-state index in [2.05, 4.69) is 15.2 Å². The number of aliphatic hydroxyl groups is 1. The van der Waals surface area contributed by atoms with Gasteiger partial charge in [0.1, 0.15) is 17.1 Å². The van der Waals surface area contributed by atoms with E-state index in [0.717, 1.165) is 10.7 Å². The molecule has 0 spiro atoms. The van der Waals surface area contributed by atoms with E-state index in [0.29, 0.717) is 25.2 Å². The fraction of sp³-hybridized carbons (Fsp3) is 0.292. The van der Waals surface area contributed by atoms with Gasteiger partial charge in [0, 0.05) is 18.1 Å². The number of aromatic nitrogens is 2. The summed E-state index contributed by atoms with van der Waals surface area (Å²) in [5.41, 5.74) is -0.439. The fourth-order valence-corrected chi connectivity index (χ4v) is 3.82. The van der Waals surface area contributed by atoms with E-state index in [1.54, 1.807) is 0 Å². The predicted octanol–water partition coefficient (Wildman–Crippen LogP) is 2.77. The summed E-state index contributed by atoms with van der Waals surface area (Å²) in [7, 11) is 0. The van der Waals surface area contributed by atoms with Gasteiger partial charge in [-0.15, -0.1) is 0 Å². The smallest absolute Gasteiger partial charge is 0.387 e. The monoisotopic (exact) mass is 489 g/mol. The van der Waals surface area contributed by atoms with Gasteiger partial charge in [-0.25, -0.2) is 4.39 Å². The number of carbonyl (C=O) groups excluding carboxylic acids is 1. The highest BCUT2D eigenvalue weighted by Gasteiger charge is 2.28. The lowest BCUT2D eigenvalue weighted by atomic mass is 9.99. The first-order valence-electron chi connectivity index (χ1n) is 10.8. The van der Waals surface area contributed by atoms with Crippen LogP contribution in [0.1, 0.15) is 16.8 Å². The van der Waals surface area contributed by atoms with Gasteiger partial charge in [0.2, 0.25) is 0 Å². The van der Waals surface area contributed by atoms with Crippen molar-refractivity contribution in [3.8, 4) is 22.7 Å². The molecular formula is C24H22F3N3O5. The normalized spacial score (nSPS) is 16.3. The molecule has 0 radical (unpaired) electrons. The Hall–Kier alpha value is -3.70.